The van der Waals surface area contributed by atoms with Crippen molar-refractivity contribution >= 4 is 11.7 Å². The molecule has 5 heteroatoms. The van der Waals surface area contributed by atoms with E-state index in [0.717, 1.165) is 16.8 Å². The first-order valence-electron chi connectivity index (χ1n) is 6.77. The Hall–Kier alpha value is -3.08. The van der Waals surface area contributed by atoms with Crippen LogP contribution >= 0.6 is 0 Å². The smallest absolute Gasteiger partial charge is 0.339 e. The predicted molar refractivity (Wildman–Crippen MR) is 84.8 cm³/mol. The fraction of sp³-hybridized carbons (Fsp3) is 0.0588. The molecule has 0 unspecified atom stereocenters. The molecule has 2 aromatic carbocycles. The first-order valence-corrected chi connectivity index (χ1v) is 6.77. The van der Waals surface area contributed by atoms with E-state index >= 15 is 0 Å². The molecule has 0 amide bonds. The van der Waals surface area contributed by atoms with Crippen molar-refractivity contribution in [2.45, 2.75) is 0 Å². The van der Waals surface area contributed by atoms with E-state index in [-0.39, 0.29) is 0 Å². The van der Waals surface area contributed by atoms with E-state index in [9.17, 15) is 4.79 Å². The van der Waals surface area contributed by atoms with Gasteiger partial charge in [0.2, 0.25) is 0 Å². The van der Waals surface area contributed by atoms with Gasteiger partial charge in [0.25, 0.3) is 0 Å². The Morgan fingerprint density at radius 2 is 1.91 bits per heavy atom. The molecular weight excluding hydrogens is 278 g/mol. The van der Waals surface area contributed by atoms with Crippen molar-refractivity contribution in [1.29, 1.82) is 0 Å². The molecule has 3 rings (SSSR count). The molecule has 0 radical (unpaired) electrons. The Kier molecular flexibility index (Phi) is 3.62. The molecule has 110 valence electrons. The van der Waals surface area contributed by atoms with Crippen LogP contribution in [0.2, 0.25) is 0 Å². The summed E-state index contributed by atoms with van der Waals surface area (Å²) in [6.45, 7) is 0. The van der Waals surface area contributed by atoms with Gasteiger partial charge in [0.15, 0.2) is 0 Å². The van der Waals surface area contributed by atoms with Crippen LogP contribution in [-0.2, 0) is 4.74 Å². The summed E-state index contributed by atoms with van der Waals surface area (Å²) in [5.41, 5.74) is 9.29. The van der Waals surface area contributed by atoms with Crippen LogP contribution in [0.5, 0.6) is 0 Å². The summed E-state index contributed by atoms with van der Waals surface area (Å²) < 4.78 is 6.52. The second-order valence-corrected chi connectivity index (χ2v) is 4.80. The molecule has 0 bridgehead atoms. The van der Waals surface area contributed by atoms with Crippen LogP contribution < -0.4 is 5.73 Å². The lowest BCUT2D eigenvalue weighted by Gasteiger charge is -2.05. The highest BCUT2D eigenvalue weighted by molar-refractivity contribution is 5.96. The van der Waals surface area contributed by atoms with Crippen molar-refractivity contribution in [3.05, 3.63) is 66.5 Å². The monoisotopic (exact) mass is 293 g/mol. The second-order valence-electron chi connectivity index (χ2n) is 4.80. The molecule has 0 aliphatic rings. The van der Waals surface area contributed by atoms with Gasteiger partial charge in [-0.1, -0.05) is 24.3 Å². The highest BCUT2D eigenvalue weighted by Gasteiger charge is 2.12. The molecule has 2 N–H and O–H groups in total. The van der Waals surface area contributed by atoms with Gasteiger partial charge in [-0.3, -0.25) is 0 Å². The molecule has 0 saturated heterocycles. The van der Waals surface area contributed by atoms with Crippen LogP contribution in [0.4, 0.5) is 5.69 Å². The van der Waals surface area contributed by atoms with Gasteiger partial charge >= 0.3 is 5.97 Å². The van der Waals surface area contributed by atoms with Crippen LogP contribution in [0, 0.1) is 0 Å². The fourth-order valence-corrected chi connectivity index (χ4v) is 2.22. The van der Waals surface area contributed by atoms with Crippen molar-refractivity contribution < 1.29 is 9.53 Å². The van der Waals surface area contributed by atoms with Gasteiger partial charge in [0, 0.05) is 17.4 Å². The van der Waals surface area contributed by atoms with Gasteiger partial charge in [-0.25, -0.2) is 9.48 Å². The molecule has 0 aliphatic carbocycles. The maximum absolute atomic E-state index is 11.7. The van der Waals surface area contributed by atoms with Crippen LogP contribution in [0.15, 0.2) is 60.9 Å². The average molecular weight is 293 g/mol. The van der Waals surface area contributed by atoms with E-state index in [1.165, 1.54) is 7.11 Å². The van der Waals surface area contributed by atoms with Crippen LogP contribution in [-0.4, -0.2) is 22.9 Å². The first-order chi connectivity index (χ1) is 10.7. The summed E-state index contributed by atoms with van der Waals surface area (Å²) in [7, 11) is 1.34. The number of ether oxygens (including phenoxy) is 1. The van der Waals surface area contributed by atoms with Crippen molar-refractivity contribution in [1.82, 2.24) is 9.78 Å². The van der Waals surface area contributed by atoms with Crippen LogP contribution in [0.1, 0.15) is 10.4 Å². The van der Waals surface area contributed by atoms with Crippen molar-refractivity contribution in [3.8, 4) is 16.8 Å². The normalized spacial score (nSPS) is 10.4. The number of carbonyl (C=O) groups excluding carboxylic acids is 1. The average Bonchev–Trinajstić information content (AvgIpc) is 3.05. The second kappa shape index (κ2) is 5.73. The quantitative estimate of drug-likeness (QED) is 0.595. The number of hydrogen-bond acceptors (Lipinski definition) is 4. The zero-order valence-electron chi connectivity index (χ0n) is 12.1. The summed E-state index contributed by atoms with van der Waals surface area (Å²) in [4.78, 5) is 11.7. The van der Waals surface area contributed by atoms with E-state index in [2.05, 4.69) is 5.10 Å². The van der Waals surface area contributed by atoms with Gasteiger partial charge in [0.1, 0.15) is 0 Å². The third-order valence-electron chi connectivity index (χ3n) is 3.40. The summed E-state index contributed by atoms with van der Waals surface area (Å²) in [6, 6.07) is 15.1. The van der Waals surface area contributed by atoms with Crippen LogP contribution in [0.25, 0.3) is 16.8 Å². The fourth-order valence-electron chi connectivity index (χ4n) is 2.22. The topological polar surface area (TPSA) is 70.1 Å². The number of nitrogen functional groups attached to an aromatic ring is 1. The summed E-state index contributed by atoms with van der Waals surface area (Å²) in [6.07, 6.45) is 3.65. The lowest BCUT2D eigenvalue weighted by atomic mass is 10.0. The number of para-hydroxylation sites is 1. The number of rotatable bonds is 3. The lowest BCUT2D eigenvalue weighted by Crippen LogP contribution is -2.05. The lowest BCUT2D eigenvalue weighted by molar-refractivity contribution is 0.0602. The predicted octanol–water partition coefficient (Wildman–Crippen LogP) is 2.91. The molecule has 0 spiro atoms. The molecule has 3 aromatic rings. The highest BCUT2D eigenvalue weighted by atomic mass is 16.5. The van der Waals surface area contributed by atoms with Crippen molar-refractivity contribution in [2.75, 3.05) is 12.8 Å². The van der Waals surface area contributed by atoms with E-state index in [1.807, 2.05) is 42.6 Å². The Morgan fingerprint density at radius 1 is 1.14 bits per heavy atom. The van der Waals surface area contributed by atoms with E-state index < -0.39 is 5.97 Å². The Morgan fingerprint density at radius 3 is 2.64 bits per heavy atom. The zero-order chi connectivity index (χ0) is 15.5. The van der Waals surface area contributed by atoms with E-state index in [4.69, 9.17) is 10.5 Å². The third-order valence-corrected chi connectivity index (χ3v) is 3.40. The summed E-state index contributed by atoms with van der Waals surface area (Å²) in [5.74, 6) is -0.449. The summed E-state index contributed by atoms with van der Waals surface area (Å²) in [5, 5.41) is 4.35. The number of esters is 1. The number of anilines is 1. The number of nitrogens with zero attached hydrogens (tertiary/aromatic N) is 2. The minimum Gasteiger partial charge on any atom is -0.465 e. The summed E-state index contributed by atoms with van der Waals surface area (Å²) >= 11 is 0. The first kappa shape index (κ1) is 13.9. The maximum atomic E-state index is 11.7. The minimum atomic E-state index is -0.449. The number of benzene rings is 2. The highest BCUT2D eigenvalue weighted by Crippen LogP contribution is 2.24. The number of aromatic nitrogens is 2. The SMILES string of the molecule is COC(=O)c1cc(-c2cnn(-c3ccccc3)c2)ccc1N. The van der Waals surface area contributed by atoms with Gasteiger partial charge in [0.05, 0.1) is 24.6 Å². The molecule has 0 fully saturated rings. The van der Waals surface area contributed by atoms with Gasteiger partial charge < -0.3 is 10.5 Å². The number of nitrogens with two attached hydrogens (primary N) is 1. The molecule has 0 atom stereocenters. The zero-order valence-corrected chi connectivity index (χ0v) is 12.1. The molecule has 0 saturated carbocycles. The molecule has 22 heavy (non-hydrogen) atoms. The Balaban J connectivity index is 1.99. The minimum absolute atomic E-state index is 0.354. The van der Waals surface area contributed by atoms with Gasteiger partial charge in [-0.05, 0) is 29.8 Å². The number of hydrogen-bond donors (Lipinski definition) is 1. The molecule has 1 aromatic heterocycles. The largest absolute Gasteiger partial charge is 0.465 e. The van der Waals surface area contributed by atoms with E-state index in [0.29, 0.717) is 11.3 Å². The Labute approximate surface area is 127 Å². The molecule has 5 nitrogen and oxygen atoms in total. The van der Waals surface area contributed by atoms with E-state index in [1.54, 1.807) is 23.0 Å². The van der Waals surface area contributed by atoms with Crippen molar-refractivity contribution in [3.63, 3.8) is 0 Å². The van der Waals surface area contributed by atoms with Crippen LogP contribution in [0.3, 0.4) is 0 Å². The van der Waals surface area contributed by atoms with Gasteiger partial charge in [-0.2, -0.15) is 5.10 Å². The molecule has 1 heterocycles. The third kappa shape index (κ3) is 2.56. The number of methoxy groups -OCH3 is 1. The van der Waals surface area contributed by atoms with Gasteiger partial charge in [-0.15, -0.1) is 0 Å². The number of carbonyl (C=O) groups is 1. The standard InChI is InChI=1S/C17H15N3O2/c1-22-17(21)15-9-12(7-8-16(15)18)13-10-19-20(11-13)14-5-3-2-4-6-14/h2-11H,18H2,1H3. The Bertz CT molecular complexity index is 810. The maximum Gasteiger partial charge on any atom is 0.339 e. The van der Waals surface area contributed by atoms with Crippen molar-refractivity contribution in [2.24, 2.45) is 0 Å². The molecule has 0 aliphatic heterocycles. The molecular formula is C17H15N3O2.